The third-order valence-corrected chi connectivity index (χ3v) is 6.73. The quantitative estimate of drug-likeness (QED) is 0.742. The van der Waals surface area contributed by atoms with Gasteiger partial charge >= 0.3 is 6.03 Å². The molecule has 7 heteroatoms. The first-order valence-corrected chi connectivity index (χ1v) is 11.2. The highest BCUT2D eigenvalue weighted by Gasteiger charge is 2.35. The molecule has 2 aromatic carbocycles. The fourth-order valence-electron chi connectivity index (χ4n) is 3.54. The Balaban J connectivity index is 1.73. The third kappa shape index (κ3) is 3.99. The van der Waals surface area contributed by atoms with Gasteiger partial charge in [0.1, 0.15) is 0 Å². The van der Waals surface area contributed by atoms with Gasteiger partial charge in [0.25, 0.3) is 0 Å². The number of carbonyl (C=O) groups excluding carboxylic acids is 1. The molecule has 2 atom stereocenters. The van der Waals surface area contributed by atoms with E-state index < -0.39 is 10.0 Å². The average molecular weight is 402 g/mol. The molecule has 0 spiro atoms. The van der Waals surface area contributed by atoms with Gasteiger partial charge in [0, 0.05) is 20.1 Å². The van der Waals surface area contributed by atoms with Crippen molar-refractivity contribution in [1.82, 2.24) is 9.80 Å². The second-order valence-corrected chi connectivity index (χ2v) is 9.27. The van der Waals surface area contributed by atoms with Crippen LogP contribution in [0, 0.1) is 0 Å². The lowest BCUT2D eigenvalue weighted by atomic mass is 10.1. The van der Waals surface area contributed by atoms with Gasteiger partial charge in [0.15, 0.2) is 0 Å². The largest absolute Gasteiger partial charge is 0.321 e. The first-order valence-electron chi connectivity index (χ1n) is 9.36. The van der Waals surface area contributed by atoms with E-state index in [1.54, 1.807) is 12.1 Å². The molecule has 1 saturated heterocycles. The van der Waals surface area contributed by atoms with Crippen LogP contribution < -0.4 is 4.31 Å². The summed E-state index contributed by atoms with van der Waals surface area (Å²) in [5.74, 6) is 0. The Hall–Kier alpha value is -2.54. The molecule has 2 amide bonds. The highest BCUT2D eigenvalue weighted by Crippen LogP contribution is 2.31. The third-order valence-electron chi connectivity index (χ3n) is 5.53. The number of urea groups is 1. The standard InChI is InChI=1S/C21H27N3O3S/c1-16(18-8-6-5-7-9-18)23-14-15-24(21(23)25)17(2)19-10-12-20(13-11-19)22(3)28(4,26)27/h5-13,16-17H,14-15H2,1-4H3/t16-,17-/m0/s1. The predicted octanol–water partition coefficient (Wildman–Crippen LogP) is 3.64. The molecule has 1 aliphatic heterocycles. The Morgan fingerprint density at radius 3 is 1.79 bits per heavy atom. The van der Waals surface area contributed by atoms with Crippen molar-refractivity contribution in [2.75, 3.05) is 30.7 Å². The van der Waals surface area contributed by atoms with Crippen molar-refractivity contribution in [3.8, 4) is 0 Å². The minimum Gasteiger partial charge on any atom is -0.316 e. The van der Waals surface area contributed by atoms with E-state index in [1.807, 2.05) is 59.2 Å². The summed E-state index contributed by atoms with van der Waals surface area (Å²) in [6, 6.07) is 17.3. The molecule has 1 aliphatic rings. The zero-order valence-electron chi connectivity index (χ0n) is 16.7. The maximum atomic E-state index is 13.0. The molecule has 1 heterocycles. The number of amides is 2. The van der Waals surface area contributed by atoms with Crippen LogP contribution in [0.15, 0.2) is 54.6 Å². The molecule has 0 unspecified atom stereocenters. The van der Waals surface area contributed by atoms with Gasteiger partial charge < -0.3 is 9.80 Å². The van der Waals surface area contributed by atoms with Crippen LogP contribution in [0.2, 0.25) is 0 Å². The van der Waals surface area contributed by atoms with E-state index in [4.69, 9.17) is 0 Å². The van der Waals surface area contributed by atoms with E-state index in [0.29, 0.717) is 18.8 Å². The lowest BCUT2D eigenvalue weighted by Gasteiger charge is -2.28. The van der Waals surface area contributed by atoms with Crippen LogP contribution in [-0.4, -0.2) is 50.6 Å². The Kier molecular flexibility index (Phi) is 5.65. The molecule has 0 aromatic heterocycles. The second-order valence-electron chi connectivity index (χ2n) is 7.25. The summed E-state index contributed by atoms with van der Waals surface area (Å²) < 4.78 is 24.6. The molecule has 28 heavy (non-hydrogen) atoms. The lowest BCUT2D eigenvalue weighted by Crippen LogP contribution is -2.35. The number of sulfonamides is 1. The van der Waals surface area contributed by atoms with Crippen molar-refractivity contribution >= 4 is 21.7 Å². The van der Waals surface area contributed by atoms with Crippen molar-refractivity contribution in [2.45, 2.75) is 25.9 Å². The van der Waals surface area contributed by atoms with Crippen LogP contribution >= 0.6 is 0 Å². The first-order chi connectivity index (χ1) is 13.2. The number of carbonyl (C=O) groups is 1. The molecule has 0 aliphatic carbocycles. The van der Waals surface area contributed by atoms with E-state index in [9.17, 15) is 13.2 Å². The van der Waals surface area contributed by atoms with Gasteiger partial charge in [-0.3, -0.25) is 4.31 Å². The monoisotopic (exact) mass is 401 g/mol. The molecule has 0 radical (unpaired) electrons. The Bertz CT molecular complexity index is 929. The van der Waals surface area contributed by atoms with E-state index in [1.165, 1.54) is 17.6 Å². The zero-order valence-corrected chi connectivity index (χ0v) is 17.6. The fourth-order valence-corrected chi connectivity index (χ4v) is 4.04. The highest BCUT2D eigenvalue weighted by atomic mass is 32.2. The summed E-state index contributed by atoms with van der Waals surface area (Å²) in [6.45, 7) is 5.41. The van der Waals surface area contributed by atoms with Crippen LogP contribution in [0.5, 0.6) is 0 Å². The van der Waals surface area contributed by atoms with E-state index in [-0.39, 0.29) is 18.1 Å². The topological polar surface area (TPSA) is 60.9 Å². The lowest BCUT2D eigenvalue weighted by molar-refractivity contribution is 0.170. The van der Waals surface area contributed by atoms with E-state index in [0.717, 1.165) is 11.1 Å². The Labute approximate surface area is 167 Å². The molecular formula is C21H27N3O3S. The summed E-state index contributed by atoms with van der Waals surface area (Å²) in [5, 5.41) is 0. The van der Waals surface area contributed by atoms with Crippen molar-refractivity contribution in [3.63, 3.8) is 0 Å². The molecule has 0 bridgehead atoms. The van der Waals surface area contributed by atoms with Crippen molar-refractivity contribution in [2.24, 2.45) is 0 Å². The highest BCUT2D eigenvalue weighted by molar-refractivity contribution is 7.92. The van der Waals surface area contributed by atoms with Gasteiger partial charge in [-0.2, -0.15) is 0 Å². The predicted molar refractivity (Wildman–Crippen MR) is 112 cm³/mol. The SMILES string of the molecule is C[C@@H](c1ccccc1)N1CCN([C@@H](C)c2ccc(N(C)S(C)(=O)=O)cc2)C1=O. The Morgan fingerprint density at radius 1 is 0.857 bits per heavy atom. The summed E-state index contributed by atoms with van der Waals surface area (Å²) in [6.07, 6.45) is 1.18. The van der Waals surface area contributed by atoms with E-state index in [2.05, 4.69) is 6.92 Å². The van der Waals surface area contributed by atoms with Crippen LogP contribution in [0.3, 0.4) is 0 Å². The molecule has 3 rings (SSSR count). The number of hydrogen-bond donors (Lipinski definition) is 0. The summed E-state index contributed by atoms with van der Waals surface area (Å²) in [4.78, 5) is 16.8. The number of nitrogens with zero attached hydrogens (tertiary/aromatic N) is 3. The molecule has 0 saturated carbocycles. The van der Waals surface area contributed by atoms with Crippen molar-refractivity contribution in [1.29, 1.82) is 0 Å². The van der Waals surface area contributed by atoms with Gasteiger partial charge in [0.2, 0.25) is 10.0 Å². The minimum atomic E-state index is -3.29. The Morgan fingerprint density at radius 2 is 1.32 bits per heavy atom. The van der Waals surface area contributed by atoms with E-state index >= 15 is 0 Å². The van der Waals surface area contributed by atoms with Crippen LogP contribution in [0.4, 0.5) is 10.5 Å². The van der Waals surface area contributed by atoms with Gasteiger partial charge in [-0.25, -0.2) is 13.2 Å². The second kappa shape index (κ2) is 7.83. The maximum absolute atomic E-state index is 13.0. The summed E-state index contributed by atoms with van der Waals surface area (Å²) in [5.41, 5.74) is 2.71. The number of benzene rings is 2. The van der Waals surface area contributed by atoms with Crippen LogP contribution in [-0.2, 0) is 10.0 Å². The molecule has 2 aromatic rings. The van der Waals surface area contributed by atoms with Crippen LogP contribution in [0.25, 0.3) is 0 Å². The van der Waals surface area contributed by atoms with Gasteiger partial charge in [-0.05, 0) is 37.1 Å². The normalized spacial score (nSPS) is 16.9. The average Bonchev–Trinajstić information content (AvgIpc) is 3.07. The van der Waals surface area contributed by atoms with Gasteiger partial charge in [-0.1, -0.05) is 42.5 Å². The van der Waals surface area contributed by atoms with Crippen molar-refractivity contribution < 1.29 is 13.2 Å². The minimum absolute atomic E-state index is 0.0247. The van der Waals surface area contributed by atoms with Gasteiger partial charge in [-0.15, -0.1) is 0 Å². The first kappa shape index (κ1) is 20.2. The number of anilines is 1. The smallest absolute Gasteiger partial charge is 0.316 e. The molecule has 6 nitrogen and oxygen atoms in total. The fraction of sp³-hybridized carbons (Fsp3) is 0.381. The zero-order chi connectivity index (χ0) is 20.5. The molecule has 150 valence electrons. The maximum Gasteiger partial charge on any atom is 0.321 e. The molecular weight excluding hydrogens is 374 g/mol. The summed E-state index contributed by atoms with van der Waals surface area (Å²) in [7, 11) is -1.77. The van der Waals surface area contributed by atoms with Gasteiger partial charge in [0.05, 0.1) is 24.0 Å². The number of hydrogen-bond acceptors (Lipinski definition) is 3. The van der Waals surface area contributed by atoms with Crippen molar-refractivity contribution in [3.05, 3.63) is 65.7 Å². The molecule has 0 N–H and O–H groups in total. The van der Waals surface area contributed by atoms with Crippen LogP contribution in [0.1, 0.15) is 37.1 Å². The molecule has 1 fully saturated rings. The summed E-state index contributed by atoms with van der Waals surface area (Å²) >= 11 is 0. The number of rotatable bonds is 6.